The fourth-order valence-electron chi connectivity index (χ4n) is 2.78. The third kappa shape index (κ3) is 3.12. The zero-order valence-corrected chi connectivity index (χ0v) is 13.7. The molecule has 1 atom stereocenters. The minimum atomic E-state index is -0.422. The highest BCUT2D eigenvalue weighted by Gasteiger charge is 2.15. The van der Waals surface area contributed by atoms with E-state index in [4.69, 9.17) is 0 Å². The average molecular weight is 349 g/mol. The highest BCUT2D eigenvalue weighted by atomic mass is 19.1. The van der Waals surface area contributed by atoms with Crippen LogP contribution in [0.3, 0.4) is 0 Å². The van der Waals surface area contributed by atoms with Crippen molar-refractivity contribution in [3.8, 4) is 11.3 Å². The van der Waals surface area contributed by atoms with Crippen LogP contribution in [0.5, 0.6) is 0 Å². The number of aliphatic hydroxyl groups excluding tert-OH is 1. The van der Waals surface area contributed by atoms with Gasteiger partial charge in [-0.2, -0.15) is 14.6 Å². The van der Waals surface area contributed by atoms with Gasteiger partial charge >= 0.3 is 0 Å². The number of nitrogens with one attached hydrogen (secondary N) is 1. The van der Waals surface area contributed by atoms with Crippen LogP contribution >= 0.6 is 0 Å². The summed E-state index contributed by atoms with van der Waals surface area (Å²) in [5, 5.41) is 17.2. The molecule has 0 saturated heterocycles. The number of aromatic nitrogens is 4. The van der Waals surface area contributed by atoms with Gasteiger partial charge in [0.1, 0.15) is 18.0 Å². The quantitative estimate of drug-likeness (QED) is 0.579. The van der Waals surface area contributed by atoms with Crippen molar-refractivity contribution in [1.82, 2.24) is 19.6 Å². The molecule has 0 aliphatic rings. The van der Waals surface area contributed by atoms with Crippen molar-refractivity contribution in [1.29, 1.82) is 0 Å². The van der Waals surface area contributed by atoms with Crippen molar-refractivity contribution in [3.05, 3.63) is 78.4 Å². The maximum Gasteiger partial charge on any atom is 0.254 e. The molecule has 4 rings (SSSR count). The van der Waals surface area contributed by atoms with E-state index in [1.165, 1.54) is 18.5 Å². The molecular formula is C19H16FN5O. The largest absolute Gasteiger partial charge is 0.394 e. The molecule has 0 saturated carbocycles. The van der Waals surface area contributed by atoms with E-state index in [0.29, 0.717) is 11.6 Å². The van der Waals surface area contributed by atoms with Crippen molar-refractivity contribution in [3.63, 3.8) is 0 Å². The Labute approximate surface area is 149 Å². The lowest BCUT2D eigenvalue weighted by atomic mass is 10.1. The summed E-state index contributed by atoms with van der Waals surface area (Å²) in [4.78, 5) is 8.69. The molecule has 0 bridgehead atoms. The van der Waals surface area contributed by atoms with Crippen molar-refractivity contribution in [2.45, 2.75) is 6.04 Å². The zero-order valence-electron chi connectivity index (χ0n) is 13.7. The lowest BCUT2D eigenvalue weighted by molar-refractivity contribution is 0.276. The van der Waals surface area contributed by atoms with Gasteiger partial charge in [0, 0.05) is 11.6 Å². The molecule has 2 N–H and O–H groups in total. The first-order valence-electron chi connectivity index (χ1n) is 8.13. The van der Waals surface area contributed by atoms with E-state index >= 15 is 0 Å². The highest BCUT2D eigenvalue weighted by Crippen LogP contribution is 2.24. The van der Waals surface area contributed by atoms with Gasteiger partial charge in [-0.15, -0.1) is 0 Å². The van der Waals surface area contributed by atoms with Crippen LogP contribution in [0, 0.1) is 5.82 Å². The van der Waals surface area contributed by atoms with Gasteiger partial charge in [0.2, 0.25) is 0 Å². The Kier molecular flexibility index (Phi) is 4.28. The summed E-state index contributed by atoms with van der Waals surface area (Å²) in [6, 6.07) is 17.2. The molecule has 0 amide bonds. The normalized spacial score (nSPS) is 12.2. The van der Waals surface area contributed by atoms with Crippen LogP contribution in [-0.2, 0) is 0 Å². The maximum atomic E-state index is 13.2. The number of benzene rings is 2. The minimum absolute atomic E-state index is 0.162. The van der Waals surface area contributed by atoms with Crippen LogP contribution < -0.4 is 5.32 Å². The van der Waals surface area contributed by atoms with E-state index in [-0.39, 0.29) is 12.4 Å². The molecule has 2 aromatic carbocycles. The predicted octanol–water partition coefficient (Wildman–Crippen LogP) is 3.08. The van der Waals surface area contributed by atoms with Crippen molar-refractivity contribution in [2.75, 3.05) is 11.9 Å². The molecule has 2 aromatic heterocycles. The average Bonchev–Trinajstić information content (AvgIpc) is 3.16. The van der Waals surface area contributed by atoms with Crippen molar-refractivity contribution in [2.24, 2.45) is 0 Å². The van der Waals surface area contributed by atoms with E-state index in [1.54, 1.807) is 16.6 Å². The summed E-state index contributed by atoms with van der Waals surface area (Å²) >= 11 is 0. The Morgan fingerprint density at radius 2 is 1.85 bits per heavy atom. The number of fused-ring (bicyclic) bond motifs is 1. The van der Waals surface area contributed by atoms with Gasteiger partial charge in [-0.05, 0) is 17.7 Å². The molecule has 0 radical (unpaired) electrons. The molecule has 2 heterocycles. The molecule has 0 aliphatic carbocycles. The molecule has 6 nitrogen and oxygen atoms in total. The topological polar surface area (TPSA) is 75.3 Å². The number of anilines is 1. The molecule has 26 heavy (non-hydrogen) atoms. The second kappa shape index (κ2) is 6.89. The lowest BCUT2D eigenvalue weighted by Gasteiger charge is -2.19. The summed E-state index contributed by atoms with van der Waals surface area (Å²) in [5.74, 6) is 0.763. The van der Waals surface area contributed by atoms with Gasteiger partial charge in [0.05, 0.1) is 18.3 Å². The lowest BCUT2D eigenvalue weighted by Crippen LogP contribution is -2.17. The second-order valence-electron chi connectivity index (χ2n) is 5.80. The molecule has 0 aliphatic heterocycles. The van der Waals surface area contributed by atoms with E-state index < -0.39 is 6.04 Å². The van der Waals surface area contributed by atoms with Gasteiger partial charge in [0.25, 0.3) is 5.78 Å². The minimum Gasteiger partial charge on any atom is -0.394 e. The van der Waals surface area contributed by atoms with E-state index in [0.717, 1.165) is 16.8 Å². The zero-order chi connectivity index (χ0) is 17.9. The first-order chi connectivity index (χ1) is 12.7. The predicted molar refractivity (Wildman–Crippen MR) is 96.1 cm³/mol. The molecule has 130 valence electrons. The van der Waals surface area contributed by atoms with Crippen molar-refractivity contribution >= 4 is 11.6 Å². The standard InChI is InChI=1S/C19H16FN5O/c20-15-8-6-14(7-9-15)17(11-26)23-18-10-16(13-4-2-1-3-5-13)24-19-21-12-22-25(18)19/h1-10,12,17,23,26H,11H2. The molecule has 4 aromatic rings. The van der Waals surface area contributed by atoms with Gasteiger partial charge in [-0.25, -0.2) is 9.37 Å². The van der Waals surface area contributed by atoms with Crippen LogP contribution in [0.15, 0.2) is 67.0 Å². The smallest absolute Gasteiger partial charge is 0.254 e. The van der Waals surface area contributed by atoms with E-state index in [1.807, 2.05) is 36.4 Å². The van der Waals surface area contributed by atoms with Crippen LogP contribution in [-0.4, -0.2) is 31.3 Å². The molecule has 1 unspecified atom stereocenters. The van der Waals surface area contributed by atoms with Crippen LogP contribution in [0.2, 0.25) is 0 Å². The third-order valence-electron chi connectivity index (χ3n) is 4.10. The van der Waals surface area contributed by atoms with E-state index in [9.17, 15) is 9.50 Å². The Morgan fingerprint density at radius 3 is 2.58 bits per heavy atom. The SMILES string of the molecule is OCC(Nc1cc(-c2ccccc2)nc2ncnn12)c1ccc(F)cc1. The fourth-order valence-corrected chi connectivity index (χ4v) is 2.78. The van der Waals surface area contributed by atoms with Crippen molar-refractivity contribution < 1.29 is 9.50 Å². The van der Waals surface area contributed by atoms with Crippen LogP contribution in [0.4, 0.5) is 10.2 Å². The van der Waals surface area contributed by atoms with E-state index in [2.05, 4.69) is 20.4 Å². The second-order valence-corrected chi connectivity index (χ2v) is 5.80. The third-order valence-corrected chi connectivity index (χ3v) is 4.10. The Balaban J connectivity index is 1.75. The van der Waals surface area contributed by atoms with Gasteiger partial charge in [-0.3, -0.25) is 0 Å². The van der Waals surface area contributed by atoms with Crippen LogP contribution in [0.1, 0.15) is 11.6 Å². The molecule has 7 heteroatoms. The fraction of sp³-hybridized carbons (Fsp3) is 0.105. The van der Waals surface area contributed by atoms with Gasteiger partial charge < -0.3 is 10.4 Å². The Bertz CT molecular complexity index is 1020. The summed E-state index contributed by atoms with van der Waals surface area (Å²) < 4.78 is 14.7. The first kappa shape index (κ1) is 16.2. The number of hydrogen-bond acceptors (Lipinski definition) is 5. The highest BCUT2D eigenvalue weighted by molar-refractivity contribution is 5.65. The Morgan fingerprint density at radius 1 is 1.08 bits per heavy atom. The molecule has 0 fully saturated rings. The number of halogens is 1. The summed E-state index contributed by atoms with van der Waals surface area (Å²) in [7, 11) is 0. The number of aliphatic hydroxyl groups is 1. The summed E-state index contributed by atoms with van der Waals surface area (Å²) in [6.07, 6.45) is 1.42. The first-order valence-corrected chi connectivity index (χ1v) is 8.13. The van der Waals surface area contributed by atoms with Crippen LogP contribution in [0.25, 0.3) is 17.0 Å². The number of rotatable bonds is 5. The molecule has 0 spiro atoms. The number of nitrogens with zero attached hydrogens (tertiary/aromatic N) is 4. The monoisotopic (exact) mass is 349 g/mol. The maximum absolute atomic E-state index is 13.2. The summed E-state index contributed by atoms with van der Waals surface area (Å²) in [6.45, 7) is -0.162. The van der Waals surface area contributed by atoms with Gasteiger partial charge in [-0.1, -0.05) is 42.5 Å². The number of hydrogen-bond donors (Lipinski definition) is 2. The summed E-state index contributed by atoms with van der Waals surface area (Å²) in [5.41, 5.74) is 2.45. The van der Waals surface area contributed by atoms with Gasteiger partial charge in [0.15, 0.2) is 0 Å². The Hall–Kier alpha value is -3.32. The molecular weight excluding hydrogens is 333 g/mol.